The van der Waals surface area contributed by atoms with Crippen LogP contribution in [-0.4, -0.2) is 0 Å². The van der Waals surface area contributed by atoms with Gasteiger partial charge in [0.1, 0.15) is 23.2 Å². The van der Waals surface area contributed by atoms with E-state index in [1.165, 1.54) is 21.5 Å². The van der Waals surface area contributed by atoms with Gasteiger partial charge in [-0.1, -0.05) is 84.9 Å². The number of hydrogen-bond donors (Lipinski definition) is 0. The molecule has 0 amide bonds. The van der Waals surface area contributed by atoms with Crippen LogP contribution in [0.3, 0.4) is 0 Å². The van der Waals surface area contributed by atoms with E-state index in [1.54, 1.807) is 0 Å². The van der Waals surface area contributed by atoms with Crippen LogP contribution < -0.4 is 28.3 Å². The highest BCUT2D eigenvalue weighted by Gasteiger charge is 2.43. The Labute approximate surface area is 174 Å². The van der Waals surface area contributed by atoms with Crippen LogP contribution >= 0.6 is 7.26 Å². The zero-order valence-electron chi connectivity index (χ0n) is 15.5. The first-order chi connectivity index (χ1) is 13.4. The lowest BCUT2D eigenvalue weighted by atomic mass is 10.2. The average molecular weight is 401 g/mol. The van der Waals surface area contributed by atoms with Crippen LogP contribution in [0.5, 0.6) is 0 Å². The summed E-state index contributed by atoms with van der Waals surface area (Å²) in [6, 6.07) is 43.3. The van der Waals surface area contributed by atoms with Crippen molar-refractivity contribution in [3.63, 3.8) is 0 Å². The Kier molecular flexibility index (Phi) is 6.82. The van der Waals surface area contributed by atoms with Crippen molar-refractivity contribution >= 4 is 29.3 Å². The van der Waals surface area contributed by atoms with Crippen LogP contribution in [0.2, 0.25) is 0 Å². The van der Waals surface area contributed by atoms with Crippen molar-refractivity contribution in [1.82, 2.24) is 0 Å². The third-order valence-electron chi connectivity index (χ3n) is 4.78. The van der Waals surface area contributed by atoms with Crippen molar-refractivity contribution in [2.75, 3.05) is 0 Å². The first-order valence-electron chi connectivity index (χ1n) is 9.19. The Bertz CT molecular complexity index is 901. The van der Waals surface area contributed by atoms with E-state index in [2.05, 4.69) is 133 Å². The minimum absolute atomic E-state index is 0. The SMILES string of the molecule is C(=C[P+](c1ccccc1)(c1ccccc1)c1ccccc1)c1ccccc1.[Cl-]. The minimum Gasteiger partial charge on any atom is -1.00 e. The van der Waals surface area contributed by atoms with E-state index in [4.69, 9.17) is 0 Å². The predicted octanol–water partition coefficient (Wildman–Crippen LogP) is 2.66. The predicted molar refractivity (Wildman–Crippen MR) is 121 cm³/mol. The summed E-state index contributed by atoms with van der Waals surface area (Å²) in [7, 11) is -1.90. The van der Waals surface area contributed by atoms with E-state index >= 15 is 0 Å². The van der Waals surface area contributed by atoms with Gasteiger partial charge in [0.2, 0.25) is 0 Å². The molecule has 0 spiro atoms. The lowest BCUT2D eigenvalue weighted by Crippen LogP contribution is -3.00. The largest absolute Gasteiger partial charge is 1.00 e. The molecule has 0 aliphatic heterocycles. The quantitative estimate of drug-likeness (QED) is 0.452. The molecule has 4 aromatic rings. The van der Waals surface area contributed by atoms with E-state index in [1.807, 2.05) is 0 Å². The summed E-state index contributed by atoms with van der Waals surface area (Å²) in [6.07, 6.45) is 2.28. The van der Waals surface area contributed by atoms with E-state index in [0.29, 0.717) is 0 Å². The monoisotopic (exact) mass is 400 g/mol. The highest BCUT2D eigenvalue weighted by molar-refractivity contribution is 7.98. The second-order valence-electron chi connectivity index (χ2n) is 6.46. The zero-order chi connectivity index (χ0) is 18.4. The van der Waals surface area contributed by atoms with Crippen LogP contribution in [-0.2, 0) is 0 Å². The molecule has 0 aliphatic carbocycles. The maximum Gasteiger partial charge on any atom is 0.136 e. The number of benzene rings is 4. The second-order valence-corrected chi connectivity index (χ2v) is 9.75. The Morgan fingerprint density at radius 3 is 1.11 bits per heavy atom. The third-order valence-corrected chi connectivity index (χ3v) is 8.71. The third kappa shape index (κ3) is 4.09. The van der Waals surface area contributed by atoms with Gasteiger partial charge in [0.25, 0.3) is 0 Å². The van der Waals surface area contributed by atoms with E-state index in [-0.39, 0.29) is 12.4 Å². The molecule has 0 aliphatic rings. The molecule has 0 unspecified atom stereocenters. The van der Waals surface area contributed by atoms with Gasteiger partial charge in [-0.2, -0.15) is 0 Å². The van der Waals surface area contributed by atoms with E-state index in [9.17, 15) is 0 Å². The van der Waals surface area contributed by atoms with Gasteiger partial charge in [0, 0.05) is 0 Å². The first-order valence-corrected chi connectivity index (χ1v) is 11.1. The molecule has 0 saturated carbocycles. The fraction of sp³-hybridized carbons (Fsp3) is 0. The van der Waals surface area contributed by atoms with Gasteiger partial charge in [0.05, 0.1) is 5.82 Å². The van der Waals surface area contributed by atoms with Gasteiger partial charge in [0.15, 0.2) is 0 Å². The molecule has 0 N–H and O–H groups in total. The smallest absolute Gasteiger partial charge is 0.136 e. The molecule has 0 saturated heterocycles. The average Bonchev–Trinajstić information content (AvgIpc) is 2.77. The van der Waals surface area contributed by atoms with Crippen molar-refractivity contribution in [1.29, 1.82) is 0 Å². The highest BCUT2D eigenvalue weighted by atomic mass is 35.5. The molecule has 28 heavy (non-hydrogen) atoms. The van der Waals surface area contributed by atoms with Crippen LogP contribution in [0.1, 0.15) is 5.56 Å². The van der Waals surface area contributed by atoms with Crippen molar-refractivity contribution in [3.05, 3.63) is 133 Å². The number of rotatable bonds is 5. The van der Waals surface area contributed by atoms with Crippen LogP contribution in [0.4, 0.5) is 0 Å². The molecular formula is C26H22ClP. The fourth-order valence-electron chi connectivity index (χ4n) is 3.46. The van der Waals surface area contributed by atoms with Gasteiger partial charge >= 0.3 is 0 Å². The van der Waals surface area contributed by atoms with Crippen molar-refractivity contribution in [2.24, 2.45) is 0 Å². The molecule has 0 fully saturated rings. The topological polar surface area (TPSA) is 0 Å². The summed E-state index contributed by atoms with van der Waals surface area (Å²) >= 11 is 0. The Morgan fingerprint density at radius 1 is 0.429 bits per heavy atom. The summed E-state index contributed by atoms with van der Waals surface area (Å²) < 4.78 is 0. The zero-order valence-corrected chi connectivity index (χ0v) is 17.2. The first kappa shape index (κ1) is 20.1. The molecule has 0 aromatic heterocycles. The molecule has 4 rings (SSSR count). The lowest BCUT2D eigenvalue weighted by Gasteiger charge is -2.24. The van der Waals surface area contributed by atoms with Gasteiger partial charge in [-0.3, -0.25) is 0 Å². The molecule has 138 valence electrons. The maximum absolute atomic E-state index is 2.45. The standard InChI is InChI=1S/C26H22P.ClH/c1-5-13-23(14-6-1)21-22-27(24-15-7-2-8-16-24,25-17-9-3-10-18-25)26-19-11-4-12-20-26;/h1-22H;1H/q+1;/p-1. The molecule has 0 nitrogen and oxygen atoms in total. The number of halogens is 1. The molecule has 0 radical (unpaired) electrons. The van der Waals surface area contributed by atoms with E-state index in [0.717, 1.165) is 0 Å². The normalized spacial score (nSPS) is 11.1. The highest BCUT2D eigenvalue weighted by Crippen LogP contribution is 2.57. The van der Waals surface area contributed by atoms with Crippen LogP contribution in [0, 0.1) is 0 Å². The van der Waals surface area contributed by atoms with Crippen molar-refractivity contribution < 1.29 is 12.4 Å². The summed E-state index contributed by atoms with van der Waals surface area (Å²) in [5.41, 5.74) is 1.23. The molecule has 0 heterocycles. The molecular weight excluding hydrogens is 379 g/mol. The van der Waals surface area contributed by atoms with Gasteiger partial charge in [-0.05, 0) is 48.0 Å². The van der Waals surface area contributed by atoms with Crippen molar-refractivity contribution in [3.8, 4) is 0 Å². The molecule has 0 atom stereocenters. The summed E-state index contributed by atoms with van der Waals surface area (Å²) in [4.78, 5) is 0. The Balaban J connectivity index is 0.00000225. The Hall–Kier alpha value is -2.66. The van der Waals surface area contributed by atoms with Crippen molar-refractivity contribution in [2.45, 2.75) is 0 Å². The van der Waals surface area contributed by atoms with Crippen LogP contribution in [0.25, 0.3) is 6.08 Å². The molecule has 4 aromatic carbocycles. The number of hydrogen-bond acceptors (Lipinski definition) is 0. The molecule has 0 bridgehead atoms. The molecule has 2 heteroatoms. The Morgan fingerprint density at radius 2 is 0.750 bits per heavy atom. The summed E-state index contributed by atoms with van der Waals surface area (Å²) in [5.74, 6) is 2.45. The van der Waals surface area contributed by atoms with Gasteiger partial charge < -0.3 is 12.4 Å². The van der Waals surface area contributed by atoms with Gasteiger partial charge in [-0.25, -0.2) is 0 Å². The van der Waals surface area contributed by atoms with E-state index < -0.39 is 7.26 Å². The summed E-state index contributed by atoms with van der Waals surface area (Å²) in [5, 5.41) is 4.11. The minimum atomic E-state index is -1.90. The van der Waals surface area contributed by atoms with Crippen LogP contribution in [0.15, 0.2) is 127 Å². The second kappa shape index (κ2) is 9.51. The fourth-order valence-corrected chi connectivity index (χ4v) is 7.19. The lowest BCUT2D eigenvalue weighted by molar-refractivity contribution is -0.00000511. The van der Waals surface area contributed by atoms with Gasteiger partial charge in [-0.15, -0.1) is 0 Å². The summed E-state index contributed by atoms with van der Waals surface area (Å²) in [6.45, 7) is 0. The maximum atomic E-state index is 2.45.